The molecular weight excluding hydrogens is 268 g/mol. The smallest absolute Gasteiger partial charge is 0.228 e. The summed E-state index contributed by atoms with van der Waals surface area (Å²) in [5.41, 5.74) is 3.66. The van der Waals surface area contributed by atoms with Crippen LogP contribution in [0.4, 0.5) is 5.95 Å². The maximum atomic E-state index is 5.44. The van der Waals surface area contributed by atoms with Crippen molar-refractivity contribution in [3.8, 4) is 5.69 Å². The highest BCUT2D eigenvalue weighted by molar-refractivity contribution is 7.71. The molecule has 0 fully saturated rings. The van der Waals surface area contributed by atoms with E-state index in [0.717, 1.165) is 18.5 Å². The molecule has 0 atom stereocenters. The van der Waals surface area contributed by atoms with Gasteiger partial charge in [-0.2, -0.15) is 4.98 Å². The first kappa shape index (κ1) is 14.7. The van der Waals surface area contributed by atoms with Crippen LogP contribution >= 0.6 is 12.2 Å². The maximum Gasteiger partial charge on any atom is 0.228 e. The van der Waals surface area contributed by atoms with Crippen molar-refractivity contribution in [2.24, 2.45) is 0 Å². The van der Waals surface area contributed by atoms with Crippen LogP contribution in [-0.4, -0.2) is 28.6 Å². The van der Waals surface area contributed by atoms with E-state index in [2.05, 4.69) is 42.0 Å². The Morgan fingerprint density at radius 1 is 1.15 bits per heavy atom. The van der Waals surface area contributed by atoms with Gasteiger partial charge in [-0.3, -0.25) is 4.57 Å². The van der Waals surface area contributed by atoms with Gasteiger partial charge in [-0.15, -0.1) is 0 Å². The zero-order valence-corrected chi connectivity index (χ0v) is 13.2. The highest BCUT2D eigenvalue weighted by Crippen LogP contribution is 2.21. The maximum absolute atomic E-state index is 5.44. The Morgan fingerprint density at radius 2 is 1.75 bits per heavy atom. The van der Waals surface area contributed by atoms with Gasteiger partial charge < -0.3 is 4.90 Å². The number of hydrogen-bond donors (Lipinski definition) is 0. The number of nitrogens with zero attached hydrogens (tertiary/aromatic N) is 4. The molecule has 0 radical (unpaired) electrons. The lowest BCUT2D eigenvalue weighted by Crippen LogP contribution is -2.15. The molecule has 2 rings (SSSR count). The van der Waals surface area contributed by atoms with Gasteiger partial charge in [-0.25, -0.2) is 4.98 Å². The van der Waals surface area contributed by atoms with Gasteiger partial charge in [0.2, 0.25) is 10.7 Å². The topological polar surface area (TPSA) is 34.0 Å². The van der Waals surface area contributed by atoms with E-state index in [4.69, 9.17) is 12.2 Å². The Balaban J connectivity index is 2.65. The van der Waals surface area contributed by atoms with Crippen LogP contribution in [0.15, 0.2) is 24.5 Å². The zero-order valence-electron chi connectivity index (χ0n) is 12.4. The molecule has 4 nitrogen and oxygen atoms in total. The van der Waals surface area contributed by atoms with Gasteiger partial charge in [0.15, 0.2) is 0 Å². The summed E-state index contributed by atoms with van der Waals surface area (Å²) in [5.74, 6) is 0.637. The molecule has 0 saturated heterocycles. The number of rotatable bonds is 4. The highest BCUT2D eigenvalue weighted by Gasteiger charge is 2.10. The Bertz CT molecular complexity index is 639. The lowest BCUT2D eigenvalue weighted by molar-refractivity contribution is 0.843. The quantitative estimate of drug-likeness (QED) is 0.809. The fraction of sp³-hybridized carbons (Fsp3) is 0.400. The average Bonchev–Trinajstić information content (AvgIpc) is 2.46. The number of para-hydroxylation sites is 1. The fourth-order valence-corrected chi connectivity index (χ4v) is 2.44. The molecule has 0 aliphatic rings. The summed E-state index contributed by atoms with van der Waals surface area (Å²) in [6.45, 7) is 4.30. The minimum Gasteiger partial charge on any atom is -0.347 e. The number of benzene rings is 1. The van der Waals surface area contributed by atoms with Gasteiger partial charge in [-0.05, 0) is 36.2 Å². The zero-order chi connectivity index (χ0) is 14.7. The van der Waals surface area contributed by atoms with Crippen LogP contribution in [0.2, 0.25) is 0 Å². The first-order valence-corrected chi connectivity index (χ1v) is 7.23. The summed E-state index contributed by atoms with van der Waals surface area (Å²) in [6, 6.07) is 6.37. The molecule has 0 saturated carbocycles. The second-order valence-corrected chi connectivity index (χ2v) is 5.20. The second kappa shape index (κ2) is 6.13. The standard InChI is InChI=1S/C15H20N4S/c1-5-11-8-7-9-12(6-2)13(11)19-10-16-14(18(3)4)17-15(19)20/h7-10H,5-6H2,1-4H3. The van der Waals surface area contributed by atoms with Crippen LogP contribution in [0, 0.1) is 4.77 Å². The molecule has 1 aromatic heterocycles. The summed E-state index contributed by atoms with van der Waals surface area (Å²) in [5, 5.41) is 0. The summed E-state index contributed by atoms with van der Waals surface area (Å²) in [6.07, 6.45) is 3.69. The lowest BCUT2D eigenvalue weighted by atomic mass is 10.0. The molecule has 5 heteroatoms. The fourth-order valence-electron chi connectivity index (χ4n) is 2.22. The van der Waals surface area contributed by atoms with Gasteiger partial charge in [0.05, 0.1) is 5.69 Å². The molecule has 2 aromatic rings. The Kier molecular flexibility index (Phi) is 4.49. The molecule has 0 bridgehead atoms. The van der Waals surface area contributed by atoms with Gasteiger partial charge in [0.25, 0.3) is 0 Å². The molecule has 0 amide bonds. The first-order chi connectivity index (χ1) is 9.58. The van der Waals surface area contributed by atoms with Crippen molar-refractivity contribution in [2.75, 3.05) is 19.0 Å². The summed E-state index contributed by atoms with van der Waals surface area (Å²) >= 11 is 5.44. The van der Waals surface area contributed by atoms with E-state index in [0.29, 0.717) is 10.7 Å². The third kappa shape index (κ3) is 2.72. The number of anilines is 1. The number of hydrogen-bond acceptors (Lipinski definition) is 4. The van der Waals surface area contributed by atoms with Crippen LogP contribution in [0.1, 0.15) is 25.0 Å². The average molecular weight is 288 g/mol. The molecule has 0 aliphatic carbocycles. The minimum absolute atomic E-state index is 0.541. The van der Waals surface area contributed by atoms with Crippen molar-refractivity contribution in [1.29, 1.82) is 0 Å². The predicted octanol–water partition coefficient (Wildman–Crippen LogP) is 3.19. The van der Waals surface area contributed by atoms with Crippen molar-refractivity contribution in [3.63, 3.8) is 0 Å². The van der Waals surface area contributed by atoms with E-state index in [9.17, 15) is 0 Å². The Hall–Kier alpha value is -1.75. The highest BCUT2D eigenvalue weighted by atomic mass is 32.1. The molecule has 20 heavy (non-hydrogen) atoms. The van der Waals surface area contributed by atoms with Crippen LogP contribution in [0.3, 0.4) is 0 Å². The van der Waals surface area contributed by atoms with E-state index in [-0.39, 0.29) is 0 Å². The van der Waals surface area contributed by atoms with E-state index in [1.807, 2.05) is 23.6 Å². The van der Waals surface area contributed by atoms with Crippen LogP contribution < -0.4 is 4.90 Å². The van der Waals surface area contributed by atoms with Crippen molar-refractivity contribution in [2.45, 2.75) is 26.7 Å². The van der Waals surface area contributed by atoms with Gasteiger partial charge in [0, 0.05) is 14.1 Å². The largest absolute Gasteiger partial charge is 0.347 e. The molecule has 0 N–H and O–H groups in total. The summed E-state index contributed by atoms with van der Waals surface area (Å²) < 4.78 is 2.46. The van der Waals surface area contributed by atoms with Gasteiger partial charge >= 0.3 is 0 Å². The van der Waals surface area contributed by atoms with Crippen LogP contribution in [-0.2, 0) is 12.8 Å². The third-order valence-electron chi connectivity index (χ3n) is 3.30. The molecule has 106 valence electrons. The SMILES string of the molecule is CCc1cccc(CC)c1-n1cnc(N(C)C)nc1=S. The predicted molar refractivity (Wildman–Crippen MR) is 85.3 cm³/mol. The van der Waals surface area contributed by atoms with Crippen molar-refractivity contribution < 1.29 is 0 Å². The summed E-state index contributed by atoms with van der Waals surface area (Å²) in [4.78, 5) is 10.6. The molecule has 1 aromatic carbocycles. The van der Waals surface area contributed by atoms with E-state index < -0.39 is 0 Å². The lowest BCUT2D eigenvalue weighted by Gasteiger charge is -2.17. The summed E-state index contributed by atoms with van der Waals surface area (Å²) in [7, 11) is 3.82. The van der Waals surface area contributed by atoms with Gasteiger partial charge in [-0.1, -0.05) is 32.0 Å². The molecule has 1 heterocycles. The van der Waals surface area contributed by atoms with Gasteiger partial charge in [0.1, 0.15) is 6.33 Å². The third-order valence-corrected chi connectivity index (χ3v) is 3.58. The second-order valence-electron chi connectivity index (χ2n) is 4.84. The van der Waals surface area contributed by atoms with E-state index >= 15 is 0 Å². The van der Waals surface area contributed by atoms with Crippen LogP contribution in [0.5, 0.6) is 0 Å². The number of aryl methyl sites for hydroxylation is 2. The van der Waals surface area contributed by atoms with Crippen molar-refractivity contribution >= 4 is 18.2 Å². The van der Waals surface area contributed by atoms with Crippen LogP contribution in [0.25, 0.3) is 5.69 Å². The molecular formula is C15H20N4S. The molecule has 0 aliphatic heterocycles. The Labute approximate surface area is 125 Å². The Morgan fingerprint density at radius 3 is 2.20 bits per heavy atom. The normalized spacial score (nSPS) is 10.6. The first-order valence-electron chi connectivity index (χ1n) is 6.82. The van der Waals surface area contributed by atoms with Crippen molar-refractivity contribution in [3.05, 3.63) is 40.4 Å². The van der Waals surface area contributed by atoms with E-state index in [1.165, 1.54) is 11.1 Å². The molecule has 0 spiro atoms. The minimum atomic E-state index is 0.541. The van der Waals surface area contributed by atoms with E-state index in [1.54, 1.807) is 6.33 Å². The molecule has 0 unspecified atom stereocenters. The monoisotopic (exact) mass is 288 g/mol. The number of aromatic nitrogens is 3. The van der Waals surface area contributed by atoms with Crippen molar-refractivity contribution in [1.82, 2.24) is 14.5 Å².